The average Bonchev–Trinajstić information content (AvgIpc) is 3.23. The van der Waals surface area contributed by atoms with Crippen LogP contribution in [0.5, 0.6) is 0 Å². The van der Waals surface area contributed by atoms with Gasteiger partial charge < -0.3 is 8.97 Å². The van der Waals surface area contributed by atoms with Crippen LogP contribution in [-0.4, -0.2) is 29.1 Å². The molecule has 4 heterocycles. The van der Waals surface area contributed by atoms with E-state index in [2.05, 4.69) is 68.6 Å². The number of aryl methyl sites for hydroxylation is 2. The lowest BCUT2D eigenvalue weighted by Crippen LogP contribution is -1.98. The number of thioether (sulfide) groups is 1. The van der Waals surface area contributed by atoms with Crippen LogP contribution in [0.25, 0.3) is 27.7 Å². The summed E-state index contributed by atoms with van der Waals surface area (Å²) in [7, 11) is 0. The van der Waals surface area contributed by atoms with Gasteiger partial charge in [0.2, 0.25) is 5.16 Å². The van der Waals surface area contributed by atoms with E-state index in [1.54, 1.807) is 11.8 Å². The number of nitrogens with zero attached hydrogens (tertiary/aromatic N) is 6. The maximum Gasteiger partial charge on any atom is 0.211 e. The summed E-state index contributed by atoms with van der Waals surface area (Å²) < 4.78 is 4.25. The van der Waals surface area contributed by atoms with Gasteiger partial charge in [-0.25, -0.2) is 9.97 Å². The average molecular weight is 374 g/mol. The lowest BCUT2D eigenvalue weighted by atomic mass is 10.2. The van der Waals surface area contributed by atoms with Crippen molar-refractivity contribution in [2.24, 2.45) is 0 Å². The van der Waals surface area contributed by atoms with Crippen molar-refractivity contribution in [3.63, 3.8) is 0 Å². The van der Waals surface area contributed by atoms with Gasteiger partial charge in [0.05, 0.1) is 11.2 Å². The molecule has 4 aromatic heterocycles. The molecule has 0 radical (unpaired) electrons. The standard InChI is InChI=1S/C20H18N6S/c1-3-26-16-7-5-4-6-15(16)18-19(26)22-20(24-23-18)27-12-14-11-25-10-13(2)8-9-17(25)21-14/h4-11H,3,12H2,1-2H3. The van der Waals surface area contributed by atoms with Crippen molar-refractivity contribution in [3.8, 4) is 0 Å². The molecule has 0 spiro atoms. The van der Waals surface area contributed by atoms with Gasteiger partial charge in [-0.2, -0.15) is 0 Å². The normalized spacial score (nSPS) is 11.8. The predicted molar refractivity (Wildman–Crippen MR) is 108 cm³/mol. The van der Waals surface area contributed by atoms with Gasteiger partial charge in [0.15, 0.2) is 5.65 Å². The number of para-hydroxylation sites is 1. The number of fused-ring (bicyclic) bond motifs is 4. The van der Waals surface area contributed by atoms with E-state index in [0.29, 0.717) is 10.9 Å². The second-order valence-corrected chi connectivity index (χ2v) is 7.46. The number of hydrogen-bond acceptors (Lipinski definition) is 5. The molecule has 0 amide bonds. The fourth-order valence-corrected chi connectivity index (χ4v) is 4.10. The summed E-state index contributed by atoms with van der Waals surface area (Å²) in [5, 5.41) is 10.6. The molecule has 0 atom stereocenters. The van der Waals surface area contributed by atoms with Crippen LogP contribution in [-0.2, 0) is 12.3 Å². The lowest BCUT2D eigenvalue weighted by molar-refractivity contribution is 0.789. The fourth-order valence-electron chi connectivity index (χ4n) is 3.43. The molecular formula is C20H18N6S. The van der Waals surface area contributed by atoms with E-state index in [4.69, 9.17) is 4.98 Å². The smallest absolute Gasteiger partial charge is 0.211 e. The first-order valence-electron chi connectivity index (χ1n) is 8.91. The minimum absolute atomic E-state index is 0.674. The van der Waals surface area contributed by atoms with Gasteiger partial charge in [0, 0.05) is 30.1 Å². The van der Waals surface area contributed by atoms with Crippen LogP contribution in [0.2, 0.25) is 0 Å². The maximum absolute atomic E-state index is 4.78. The summed E-state index contributed by atoms with van der Waals surface area (Å²) in [6.45, 7) is 5.05. The van der Waals surface area contributed by atoms with Crippen LogP contribution in [0.3, 0.4) is 0 Å². The Morgan fingerprint density at radius 1 is 1.00 bits per heavy atom. The van der Waals surface area contributed by atoms with Crippen molar-refractivity contribution < 1.29 is 0 Å². The van der Waals surface area contributed by atoms with Crippen molar-refractivity contribution in [1.82, 2.24) is 29.1 Å². The van der Waals surface area contributed by atoms with Crippen molar-refractivity contribution in [3.05, 3.63) is 60.0 Å². The third-order valence-electron chi connectivity index (χ3n) is 4.67. The highest BCUT2D eigenvalue weighted by Crippen LogP contribution is 2.27. The molecule has 0 fully saturated rings. The summed E-state index contributed by atoms with van der Waals surface area (Å²) in [5.74, 6) is 0.709. The van der Waals surface area contributed by atoms with E-state index < -0.39 is 0 Å². The van der Waals surface area contributed by atoms with Crippen molar-refractivity contribution >= 4 is 39.5 Å². The van der Waals surface area contributed by atoms with Crippen LogP contribution in [0.1, 0.15) is 18.2 Å². The quantitative estimate of drug-likeness (QED) is 0.440. The predicted octanol–water partition coefficient (Wildman–Crippen LogP) is 4.25. The van der Waals surface area contributed by atoms with E-state index in [9.17, 15) is 0 Å². The molecule has 0 aliphatic rings. The Balaban J connectivity index is 1.48. The Morgan fingerprint density at radius 3 is 2.78 bits per heavy atom. The zero-order chi connectivity index (χ0) is 18.4. The number of hydrogen-bond donors (Lipinski definition) is 0. The molecular weight excluding hydrogens is 356 g/mol. The first kappa shape index (κ1) is 16.3. The first-order valence-corrected chi connectivity index (χ1v) is 9.90. The molecule has 0 saturated heterocycles. The molecule has 0 saturated carbocycles. The molecule has 0 aliphatic carbocycles. The molecule has 0 aliphatic heterocycles. The molecule has 27 heavy (non-hydrogen) atoms. The highest BCUT2D eigenvalue weighted by atomic mass is 32.2. The molecule has 5 rings (SSSR count). The largest absolute Gasteiger partial charge is 0.324 e. The van der Waals surface area contributed by atoms with Gasteiger partial charge in [-0.3, -0.25) is 0 Å². The van der Waals surface area contributed by atoms with Crippen LogP contribution in [0.15, 0.2) is 53.9 Å². The van der Waals surface area contributed by atoms with Crippen LogP contribution in [0, 0.1) is 6.92 Å². The van der Waals surface area contributed by atoms with E-state index in [1.165, 1.54) is 5.56 Å². The maximum atomic E-state index is 4.78. The van der Waals surface area contributed by atoms with Gasteiger partial charge in [-0.15, -0.1) is 10.2 Å². The summed E-state index contributed by atoms with van der Waals surface area (Å²) in [5.41, 5.74) is 6.07. The number of rotatable bonds is 4. The molecule has 7 heteroatoms. The van der Waals surface area contributed by atoms with E-state index in [0.717, 1.165) is 40.0 Å². The van der Waals surface area contributed by atoms with E-state index in [-0.39, 0.29) is 0 Å². The second kappa shape index (κ2) is 6.35. The minimum atomic E-state index is 0.674. The van der Waals surface area contributed by atoms with Crippen LogP contribution >= 0.6 is 11.8 Å². The third kappa shape index (κ3) is 2.75. The van der Waals surface area contributed by atoms with Gasteiger partial charge >= 0.3 is 0 Å². The Morgan fingerprint density at radius 2 is 1.89 bits per heavy atom. The Kier molecular flexibility index (Phi) is 3.82. The number of pyridine rings is 1. The molecule has 134 valence electrons. The third-order valence-corrected chi connectivity index (χ3v) is 5.54. The molecule has 0 N–H and O–H groups in total. The van der Waals surface area contributed by atoms with Crippen molar-refractivity contribution in [2.45, 2.75) is 31.3 Å². The van der Waals surface area contributed by atoms with Gasteiger partial charge in [0.25, 0.3) is 0 Å². The molecule has 0 bridgehead atoms. The monoisotopic (exact) mass is 374 g/mol. The van der Waals surface area contributed by atoms with Gasteiger partial charge in [0.1, 0.15) is 11.2 Å². The topological polar surface area (TPSA) is 60.9 Å². The summed E-state index contributed by atoms with van der Waals surface area (Å²) in [6, 6.07) is 12.4. The highest BCUT2D eigenvalue weighted by Gasteiger charge is 2.14. The lowest BCUT2D eigenvalue weighted by Gasteiger charge is -2.02. The van der Waals surface area contributed by atoms with E-state index in [1.807, 2.05) is 18.2 Å². The van der Waals surface area contributed by atoms with Crippen LogP contribution < -0.4 is 0 Å². The van der Waals surface area contributed by atoms with Crippen molar-refractivity contribution in [1.29, 1.82) is 0 Å². The SMILES string of the molecule is CCn1c2ccccc2c2nnc(SCc3cn4cc(C)ccc4n3)nc21. The Labute approximate surface area is 160 Å². The minimum Gasteiger partial charge on any atom is -0.324 e. The fraction of sp³-hybridized carbons (Fsp3) is 0.200. The van der Waals surface area contributed by atoms with Gasteiger partial charge in [-0.05, 0) is 31.5 Å². The number of imidazole rings is 1. The summed E-state index contributed by atoms with van der Waals surface area (Å²) >= 11 is 1.56. The van der Waals surface area contributed by atoms with Crippen LogP contribution in [0.4, 0.5) is 0 Å². The zero-order valence-electron chi connectivity index (χ0n) is 15.1. The number of aromatic nitrogens is 6. The summed E-state index contributed by atoms with van der Waals surface area (Å²) in [4.78, 5) is 9.44. The van der Waals surface area contributed by atoms with E-state index >= 15 is 0 Å². The van der Waals surface area contributed by atoms with Gasteiger partial charge in [-0.1, -0.05) is 36.0 Å². The molecule has 5 aromatic rings. The van der Waals surface area contributed by atoms with Crippen molar-refractivity contribution in [2.75, 3.05) is 0 Å². The zero-order valence-corrected chi connectivity index (χ0v) is 15.9. The number of benzene rings is 1. The molecule has 0 unspecified atom stereocenters. The highest BCUT2D eigenvalue weighted by molar-refractivity contribution is 7.98. The summed E-state index contributed by atoms with van der Waals surface area (Å²) in [6.07, 6.45) is 4.14. The second-order valence-electron chi connectivity index (χ2n) is 6.52. The Hall–Kier alpha value is -2.93. The molecule has 1 aromatic carbocycles. The molecule has 6 nitrogen and oxygen atoms in total. The Bertz CT molecular complexity index is 1290. The first-order chi connectivity index (χ1) is 13.2.